The SMILES string of the molecule is COc1ccc(-n2ccc(/C=C3/SC(=Nc4ccccc4)N(Cc4ccc(C(=O)O)cc4)C3=O)c2)cc1. The van der Waals surface area contributed by atoms with Crippen molar-refractivity contribution >= 4 is 40.6 Å². The van der Waals surface area contributed by atoms with Crippen LogP contribution in [0, 0.1) is 0 Å². The van der Waals surface area contributed by atoms with Crippen LogP contribution in [0.4, 0.5) is 5.69 Å². The van der Waals surface area contributed by atoms with Gasteiger partial charge in [0, 0.05) is 18.1 Å². The number of rotatable bonds is 7. The summed E-state index contributed by atoms with van der Waals surface area (Å²) in [5.74, 6) is -0.356. The van der Waals surface area contributed by atoms with E-state index in [1.807, 2.05) is 83.7 Å². The number of amides is 1. The molecule has 1 fully saturated rings. The molecule has 4 aromatic rings. The van der Waals surface area contributed by atoms with Crippen LogP contribution in [0.15, 0.2) is 107 Å². The second-order valence-electron chi connectivity index (χ2n) is 8.28. The Bertz CT molecular complexity index is 1490. The van der Waals surface area contributed by atoms with Crippen molar-refractivity contribution in [3.8, 4) is 11.4 Å². The number of para-hydroxylation sites is 1. The van der Waals surface area contributed by atoms with Crippen molar-refractivity contribution in [1.29, 1.82) is 0 Å². The number of carbonyl (C=O) groups is 2. The van der Waals surface area contributed by atoms with E-state index >= 15 is 0 Å². The summed E-state index contributed by atoms with van der Waals surface area (Å²) in [6.07, 6.45) is 5.77. The van der Waals surface area contributed by atoms with Crippen LogP contribution >= 0.6 is 11.8 Å². The first-order chi connectivity index (χ1) is 18.0. The summed E-state index contributed by atoms with van der Waals surface area (Å²) in [5, 5.41) is 9.75. The third kappa shape index (κ3) is 5.49. The molecular formula is C29H23N3O4S. The van der Waals surface area contributed by atoms with Gasteiger partial charge in [0.2, 0.25) is 0 Å². The van der Waals surface area contributed by atoms with E-state index in [9.17, 15) is 14.7 Å². The van der Waals surface area contributed by atoms with Crippen LogP contribution in [0.5, 0.6) is 5.75 Å². The Labute approximate surface area is 218 Å². The van der Waals surface area contributed by atoms with Gasteiger partial charge >= 0.3 is 5.97 Å². The Morgan fingerprint density at radius 2 is 1.73 bits per heavy atom. The zero-order chi connectivity index (χ0) is 25.8. The molecule has 7 nitrogen and oxygen atoms in total. The lowest BCUT2D eigenvalue weighted by Crippen LogP contribution is -2.28. The molecule has 0 bridgehead atoms. The number of aromatic carboxylic acids is 1. The van der Waals surface area contributed by atoms with Gasteiger partial charge < -0.3 is 14.4 Å². The maximum absolute atomic E-state index is 13.5. The smallest absolute Gasteiger partial charge is 0.335 e. The highest BCUT2D eigenvalue weighted by atomic mass is 32.2. The third-order valence-corrected chi connectivity index (χ3v) is 6.80. The first-order valence-corrected chi connectivity index (χ1v) is 12.3. The Hall–Kier alpha value is -4.56. The van der Waals surface area contributed by atoms with Crippen molar-refractivity contribution in [1.82, 2.24) is 9.47 Å². The molecule has 37 heavy (non-hydrogen) atoms. The number of carboxylic acid groups (broad SMARTS) is 1. The predicted octanol–water partition coefficient (Wildman–Crippen LogP) is 5.99. The molecule has 5 rings (SSSR count). The van der Waals surface area contributed by atoms with E-state index < -0.39 is 5.97 Å². The third-order valence-electron chi connectivity index (χ3n) is 5.79. The van der Waals surface area contributed by atoms with E-state index in [1.165, 1.54) is 23.9 Å². The number of carbonyl (C=O) groups excluding carboxylic acids is 1. The zero-order valence-electron chi connectivity index (χ0n) is 19.9. The monoisotopic (exact) mass is 509 g/mol. The predicted molar refractivity (Wildman–Crippen MR) is 145 cm³/mol. The topological polar surface area (TPSA) is 84.1 Å². The van der Waals surface area contributed by atoms with Gasteiger partial charge in [-0.3, -0.25) is 9.69 Å². The lowest BCUT2D eigenvalue weighted by molar-refractivity contribution is -0.122. The minimum absolute atomic E-state index is 0.154. The van der Waals surface area contributed by atoms with Crippen molar-refractivity contribution < 1.29 is 19.4 Å². The van der Waals surface area contributed by atoms with Crippen molar-refractivity contribution in [3.63, 3.8) is 0 Å². The number of methoxy groups -OCH3 is 1. The highest BCUT2D eigenvalue weighted by Crippen LogP contribution is 2.35. The average molecular weight is 510 g/mol. The molecule has 184 valence electrons. The molecule has 0 unspecified atom stereocenters. The summed E-state index contributed by atoms with van der Waals surface area (Å²) in [4.78, 5) is 31.6. The summed E-state index contributed by atoms with van der Waals surface area (Å²) < 4.78 is 7.21. The van der Waals surface area contributed by atoms with E-state index in [4.69, 9.17) is 9.73 Å². The number of aromatic nitrogens is 1. The Morgan fingerprint density at radius 3 is 2.41 bits per heavy atom. The highest BCUT2D eigenvalue weighted by Gasteiger charge is 2.33. The van der Waals surface area contributed by atoms with Crippen LogP contribution in [0.2, 0.25) is 0 Å². The lowest BCUT2D eigenvalue weighted by Gasteiger charge is -2.16. The molecule has 2 heterocycles. The van der Waals surface area contributed by atoms with Gasteiger partial charge in [-0.25, -0.2) is 9.79 Å². The van der Waals surface area contributed by atoms with Crippen molar-refractivity contribution in [2.75, 3.05) is 7.11 Å². The molecular weight excluding hydrogens is 486 g/mol. The maximum atomic E-state index is 13.5. The molecule has 1 amide bonds. The van der Waals surface area contributed by atoms with E-state index in [-0.39, 0.29) is 18.0 Å². The Balaban J connectivity index is 1.43. The number of hydrogen-bond donors (Lipinski definition) is 1. The minimum Gasteiger partial charge on any atom is -0.497 e. The number of hydrogen-bond acceptors (Lipinski definition) is 5. The summed E-state index contributed by atoms with van der Waals surface area (Å²) in [7, 11) is 1.63. The number of ether oxygens (including phenoxy) is 1. The molecule has 1 aliphatic heterocycles. The first-order valence-electron chi connectivity index (χ1n) is 11.5. The average Bonchev–Trinajstić information content (AvgIpc) is 3.50. The first kappa shape index (κ1) is 24.1. The number of thioether (sulfide) groups is 1. The summed E-state index contributed by atoms with van der Waals surface area (Å²) in [6, 6.07) is 25.7. The van der Waals surface area contributed by atoms with Gasteiger partial charge in [-0.05, 0) is 83.6 Å². The van der Waals surface area contributed by atoms with Gasteiger partial charge in [-0.2, -0.15) is 0 Å². The molecule has 0 atom stereocenters. The lowest BCUT2D eigenvalue weighted by atomic mass is 10.1. The van der Waals surface area contributed by atoms with E-state index in [0.717, 1.165) is 28.3 Å². The van der Waals surface area contributed by atoms with E-state index in [1.54, 1.807) is 24.1 Å². The standard InChI is InChI=1S/C29H23N3O4S/c1-36-25-13-11-24(12-14-25)31-16-15-21(18-31)17-26-27(33)32(19-20-7-9-22(10-8-20)28(34)35)29(37-26)30-23-5-3-2-4-6-23/h2-18H,19H2,1H3,(H,34,35)/b26-17+,30-29?. The summed E-state index contributed by atoms with van der Waals surface area (Å²) in [5.41, 5.74) is 3.63. The minimum atomic E-state index is -0.988. The molecule has 0 saturated carbocycles. The highest BCUT2D eigenvalue weighted by molar-refractivity contribution is 8.18. The number of carboxylic acids is 1. The molecule has 1 saturated heterocycles. The molecule has 0 spiro atoms. The van der Waals surface area contributed by atoms with Crippen LogP contribution in [-0.2, 0) is 11.3 Å². The van der Waals surface area contributed by atoms with Gasteiger partial charge in [-0.1, -0.05) is 30.3 Å². The van der Waals surface area contributed by atoms with Gasteiger partial charge in [0.25, 0.3) is 5.91 Å². The van der Waals surface area contributed by atoms with Crippen LogP contribution in [-0.4, -0.2) is 38.7 Å². The van der Waals surface area contributed by atoms with Crippen LogP contribution in [0.25, 0.3) is 11.8 Å². The fraction of sp³-hybridized carbons (Fsp3) is 0.0690. The molecule has 8 heteroatoms. The molecule has 3 aromatic carbocycles. The number of aliphatic imine (C=N–C) groups is 1. The second kappa shape index (κ2) is 10.6. The van der Waals surface area contributed by atoms with Crippen molar-refractivity contribution in [2.24, 2.45) is 4.99 Å². The summed E-state index contributed by atoms with van der Waals surface area (Å²) in [6.45, 7) is 0.279. The molecule has 0 aliphatic carbocycles. The summed E-state index contributed by atoms with van der Waals surface area (Å²) >= 11 is 1.32. The second-order valence-corrected chi connectivity index (χ2v) is 9.29. The van der Waals surface area contributed by atoms with Gasteiger partial charge in [0.05, 0.1) is 29.8 Å². The normalized spacial score (nSPS) is 15.5. The van der Waals surface area contributed by atoms with Crippen molar-refractivity contribution in [2.45, 2.75) is 6.54 Å². The van der Waals surface area contributed by atoms with Crippen LogP contribution < -0.4 is 4.74 Å². The molecule has 1 N–H and O–H groups in total. The van der Waals surface area contributed by atoms with Gasteiger partial charge in [0.15, 0.2) is 5.17 Å². The van der Waals surface area contributed by atoms with Gasteiger partial charge in [-0.15, -0.1) is 0 Å². The van der Waals surface area contributed by atoms with E-state index in [0.29, 0.717) is 10.1 Å². The Kier molecular flexibility index (Phi) is 6.91. The molecule has 1 aliphatic rings. The van der Waals surface area contributed by atoms with Gasteiger partial charge in [0.1, 0.15) is 5.75 Å². The fourth-order valence-electron chi connectivity index (χ4n) is 3.84. The maximum Gasteiger partial charge on any atom is 0.335 e. The number of amidine groups is 1. The van der Waals surface area contributed by atoms with Crippen LogP contribution in [0.1, 0.15) is 21.5 Å². The Morgan fingerprint density at radius 1 is 1.00 bits per heavy atom. The number of benzene rings is 3. The van der Waals surface area contributed by atoms with E-state index in [2.05, 4.69) is 0 Å². The largest absolute Gasteiger partial charge is 0.497 e. The number of nitrogens with zero attached hydrogens (tertiary/aromatic N) is 3. The fourth-order valence-corrected chi connectivity index (χ4v) is 4.84. The zero-order valence-corrected chi connectivity index (χ0v) is 20.8. The van der Waals surface area contributed by atoms with Crippen LogP contribution in [0.3, 0.4) is 0 Å². The quantitative estimate of drug-likeness (QED) is 0.310. The molecule has 1 aromatic heterocycles. The molecule has 0 radical (unpaired) electrons. The van der Waals surface area contributed by atoms with Crippen molar-refractivity contribution in [3.05, 3.63) is 119 Å².